The number of anilines is 2. The molecule has 33 heavy (non-hydrogen) atoms. The van der Waals surface area contributed by atoms with E-state index in [9.17, 15) is 14.4 Å². The van der Waals surface area contributed by atoms with Crippen molar-refractivity contribution in [2.75, 3.05) is 10.6 Å². The number of fused-ring (bicyclic) bond motifs is 1. The molecular weight excluding hydrogens is 412 g/mol. The van der Waals surface area contributed by atoms with Crippen LogP contribution in [0.5, 0.6) is 0 Å². The van der Waals surface area contributed by atoms with Crippen molar-refractivity contribution in [3.63, 3.8) is 0 Å². The molecule has 0 bridgehead atoms. The standard InChI is InChI=1S/C28H24N2O3/c1-18(31)21-7-11-26(12-8-21)29-17-20-3-4-24-16-25(6-5-23(24)15-20)28(33)30-27-13-9-22(10-14-27)19(2)32/h3-16,29H,17H2,1-2H3,(H,30,33). The van der Waals surface area contributed by atoms with Crippen LogP contribution in [-0.2, 0) is 6.54 Å². The van der Waals surface area contributed by atoms with Gasteiger partial charge in [0.1, 0.15) is 0 Å². The first-order valence-electron chi connectivity index (χ1n) is 10.7. The number of hydrogen-bond donors (Lipinski definition) is 2. The van der Waals surface area contributed by atoms with Crippen molar-refractivity contribution in [2.24, 2.45) is 0 Å². The van der Waals surface area contributed by atoms with Gasteiger partial charge in [-0.15, -0.1) is 0 Å². The summed E-state index contributed by atoms with van der Waals surface area (Å²) in [7, 11) is 0. The molecule has 0 radical (unpaired) electrons. The molecule has 0 aliphatic heterocycles. The average Bonchev–Trinajstić information content (AvgIpc) is 2.82. The largest absolute Gasteiger partial charge is 0.381 e. The van der Waals surface area contributed by atoms with Gasteiger partial charge < -0.3 is 10.6 Å². The van der Waals surface area contributed by atoms with Crippen LogP contribution in [-0.4, -0.2) is 17.5 Å². The summed E-state index contributed by atoms with van der Waals surface area (Å²) < 4.78 is 0. The van der Waals surface area contributed by atoms with E-state index in [-0.39, 0.29) is 17.5 Å². The van der Waals surface area contributed by atoms with Gasteiger partial charge >= 0.3 is 0 Å². The summed E-state index contributed by atoms with van der Waals surface area (Å²) in [5.41, 5.74) is 4.57. The molecule has 1 amide bonds. The van der Waals surface area contributed by atoms with Crippen LogP contribution in [0.1, 0.15) is 50.5 Å². The van der Waals surface area contributed by atoms with Crippen molar-refractivity contribution >= 4 is 39.6 Å². The molecule has 5 nitrogen and oxygen atoms in total. The SMILES string of the molecule is CC(=O)c1ccc(NCc2ccc3cc(C(=O)Nc4ccc(C(C)=O)cc4)ccc3c2)cc1. The first kappa shape index (κ1) is 22.0. The predicted molar refractivity (Wildman–Crippen MR) is 132 cm³/mol. The summed E-state index contributed by atoms with van der Waals surface area (Å²) in [5.74, 6) is -0.162. The Kier molecular flexibility index (Phi) is 6.31. The second-order valence-corrected chi connectivity index (χ2v) is 7.97. The normalized spacial score (nSPS) is 10.6. The van der Waals surface area contributed by atoms with Gasteiger partial charge in [0.15, 0.2) is 11.6 Å². The Hall–Kier alpha value is -4.25. The van der Waals surface area contributed by atoms with E-state index in [1.54, 1.807) is 37.3 Å². The summed E-state index contributed by atoms with van der Waals surface area (Å²) in [4.78, 5) is 35.4. The van der Waals surface area contributed by atoms with E-state index in [2.05, 4.69) is 16.7 Å². The van der Waals surface area contributed by atoms with Gasteiger partial charge in [0, 0.05) is 34.6 Å². The van der Waals surface area contributed by atoms with E-state index >= 15 is 0 Å². The molecule has 4 rings (SSSR count). The molecule has 2 N–H and O–H groups in total. The summed E-state index contributed by atoms with van der Waals surface area (Å²) in [6, 6.07) is 26.0. The topological polar surface area (TPSA) is 75.3 Å². The van der Waals surface area contributed by atoms with Crippen LogP contribution < -0.4 is 10.6 Å². The maximum absolute atomic E-state index is 12.7. The highest BCUT2D eigenvalue weighted by Gasteiger charge is 2.08. The number of Topliss-reactive ketones (excluding diaryl/α,β-unsaturated/α-hetero) is 2. The number of hydrogen-bond acceptors (Lipinski definition) is 4. The zero-order valence-corrected chi connectivity index (χ0v) is 18.5. The maximum atomic E-state index is 12.7. The first-order chi connectivity index (χ1) is 15.9. The van der Waals surface area contributed by atoms with Crippen LogP contribution >= 0.6 is 0 Å². The average molecular weight is 437 g/mol. The molecule has 5 heteroatoms. The number of amides is 1. The van der Waals surface area contributed by atoms with Gasteiger partial charge in [-0.1, -0.05) is 18.2 Å². The molecule has 0 heterocycles. The zero-order valence-electron chi connectivity index (χ0n) is 18.5. The molecule has 4 aromatic rings. The number of nitrogens with one attached hydrogen (secondary N) is 2. The molecule has 0 atom stereocenters. The number of carbonyl (C=O) groups is 3. The van der Waals surface area contributed by atoms with Crippen molar-refractivity contribution in [1.82, 2.24) is 0 Å². The highest BCUT2D eigenvalue weighted by molar-refractivity contribution is 6.06. The lowest BCUT2D eigenvalue weighted by Crippen LogP contribution is -2.11. The van der Waals surface area contributed by atoms with Gasteiger partial charge in [0.05, 0.1) is 0 Å². The van der Waals surface area contributed by atoms with Crippen molar-refractivity contribution < 1.29 is 14.4 Å². The third-order valence-corrected chi connectivity index (χ3v) is 5.50. The Labute approximate surface area is 192 Å². The second kappa shape index (κ2) is 9.49. The van der Waals surface area contributed by atoms with Crippen molar-refractivity contribution in [3.05, 3.63) is 107 Å². The lowest BCUT2D eigenvalue weighted by atomic mass is 10.0. The molecule has 0 unspecified atom stereocenters. The van der Waals surface area contributed by atoms with Gasteiger partial charge in [-0.2, -0.15) is 0 Å². The molecule has 0 aliphatic rings. The van der Waals surface area contributed by atoms with Crippen LogP contribution in [0, 0.1) is 0 Å². The first-order valence-corrected chi connectivity index (χ1v) is 10.7. The minimum absolute atomic E-state index is 0.0112. The minimum atomic E-state index is -0.202. The van der Waals surface area contributed by atoms with Crippen LogP contribution in [0.15, 0.2) is 84.9 Å². The van der Waals surface area contributed by atoms with E-state index < -0.39 is 0 Å². The molecular formula is C28H24N2O3. The minimum Gasteiger partial charge on any atom is -0.381 e. The van der Waals surface area contributed by atoms with Crippen LogP contribution in [0.3, 0.4) is 0 Å². The van der Waals surface area contributed by atoms with Crippen molar-refractivity contribution in [2.45, 2.75) is 20.4 Å². The molecule has 0 saturated carbocycles. The fourth-order valence-corrected chi connectivity index (χ4v) is 3.56. The zero-order chi connectivity index (χ0) is 23.4. The van der Waals surface area contributed by atoms with E-state index in [0.29, 0.717) is 28.9 Å². The summed E-state index contributed by atoms with van der Waals surface area (Å²) >= 11 is 0. The number of ketones is 2. The van der Waals surface area contributed by atoms with Crippen LogP contribution in [0.2, 0.25) is 0 Å². The number of benzene rings is 4. The Balaban J connectivity index is 1.43. The summed E-state index contributed by atoms with van der Waals surface area (Å²) in [6.07, 6.45) is 0. The third-order valence-electron chi connectivity index (χ3n) is 5.50. The van der Waals surface area contributed by atoms with Gasteiger partial charge in [-0.05, 0) is 96.9 Å². The van der Waals surface area contributed by atoms with E-state index in [4.69, 9.17) is 0 Å². The highest BCUT2D eigenvalue weighted by Crippen LogP contribution is 2.20. The highest BCUT2D eigenvalue weighted by atomic mass is 16.1. The quantitative estimate of drug-likeness (QED) is 0.343. The van der Waals surface area contributed by atoms with E-state index in [0.717, 1.165) is 22.0 Å². The van der Waals surface area contributed by atoms with Crippen LogP contribution in [0.25, 0.3) is 10.8 Å². The van der Waals surface area contributed by atoms with Crippen molar-refractivity contribution in [3.8, 4) is 0 Å². The number of carbonyl (C=O) groups excluding carboxylic acids is 3. The molecule has 164 valence electrons. The molecule has 0 aliphatic carbocycles. The molecule has 0 saturated heterocycles. The fourth-order valence-electron chi connectivity index (χ4n) is 3.56. The monoisotopic (exact) mass is 436 g/mol. The summed E-state index contributed by atoms with van der Waals surface area (Å²) in [5, 5.41) is 8.25. The molecule has 0 spiro atoms. The lowest BCUT2D eigenvalue weighted by Gasteiger charge is -2.10. The van der Waals surface area contributed by atoms with Crippen LogP contribution in [0.4, 0.5) is 11.4 Å². The molecule has 4 aromatic carbocycles. The summed E-state index contributed by atoms with van der Waals surface area (Å²) in [6.45, 7) is 3.71. The van der Waals surface area contributed by atoms with Crippen molar-refractivity contribution in [1.29, 1.82) is 0 Å². The van der Waals surface area contributed by atoms with Gasteiger partial charge in [0.25, 0.3) is 5.91 Å². The Morgan fingerprint density at radius 1 is 0.606 bits per heavy atom. The van der Waals surface area contributed by atoms with Gasteiger partial charge in [0.2, 0.25) is 0 Å². The Morgan fingerprint density at radius 2 is 1.12 bits per heavy atom. The van der Waals surface area contributed by atoms with Gasteiger partial charge in [-0.3, -0.25) is 14.4 Å². The van der Waals surface area contributed by atoms with E-state index in [1.807, 2.05) is 48.5 Å². The Morgan fingerprint density at radius 3 is 1.73 bits per heavy atom. The Bertz CT molecular complexity index is 1340. The predicted octanol–water partition coefficient (Wildman–Crippen LogP) is 6.11. The smallest absolute Gasteiger partial charge is 0.255 e. The second-order valence-electron chi connectivity index (χ2n) is 7.97. The van der Waals surface area contributed by atoms with Gasteiger partial charge in [-0.25, -0.2) is 0 Å². The maximum Gasteiger partial charge on any atom is 0.255 e. The lowest BCUT2D eigenvalue weighted by molar-refractivity contribution is 0.100. The molecule has 0 fully saturated rings. The number of rotatable bonds is 7. The van der Waals surface area contributed by atoms with E-state index in [1.165, 1.54) is 6.92 Å². The fraction of sp³-hybridized carbons (Fsp3) is 0.107. The molecule has 0 aromatic heterocycles. The third kappa shape index (κ3) is 5.33.